The van der Waals surface area contributed by atoms with Gasteiger partial charge in [0.25, 0.3) is 0 Å². The Morgan fingerprint density at radius 3 is 2.43 bits per heavy atom. The lowest BCUT2D eigenvalue weighted by atomic mass is 10.1. The van der Waals surface area contributed by atoms with Crippen LogP contribution in [0.1, 0.15) is 6.42 Å². The van der Waals surface area contributed by atoms with E-state index < -0.39 is 17.8 Å². The summed E-state index contributed by atoms with van der Waals surface area (Å²) in [5.74, 6) is -0.902. The Labute approximate surface area is 80.8 Å². The summed E-state index contributed by atoms with van der Waals surface area (Å²) >= 11 is 0. The van der Waals surface area contributed by atoms with Crippen molar-refractivity contribution in [3.05, 3.63) is 0 Å². The van der Waals surface area contributed by atoms with Gasteiger partial charge >= 0.3 is 6.03 Å². The number of nitrogens with zero attached hydrogens (tertiary/aromatic N) is 2. The fraction of sp³-hybridized carbons (Fsp3) is 0.625. The van der Waals surface area contributed by atoms with E-state index in [1.165, 1.54) is 0 Å². The molecular weight excluding hydrogens is 186 g/mol. The summed E-state index contributed by atoms with van der Waals surface area (Å²) in [5.41, 5.74) is 0. The second-order valence-electron chi connectivity index (χ2n) is 3.67. The highest BCUT2D eigenvalue weighted by Crippen LogP contribution is 2.16. The fourth-order valence-corrected chi connectivity index (χ4v) is 1.76. The zero-order valence-electron chi connectivity index (χ0n) is 7.82. The van der Waals surface area contributed by atoms with Crippen LogP contribution in [0.4, 0.5) is 4.79 Å². The molecule has 0 aromatic rings. The minimum atomic E-state index is -0.579. The molecule has 2 aliphatic heterocycles. The summed E-state index contributed by atoms with van der Waals surface area (Å²) in [6.07, 6.45) is -0.216. The van der Waals surface area contributed by atoms with Crippen LogP contribution in [0, 0.1) is 0 Å². The molecule has 0 aromatic heterocycles. The third-order valence-corrected chi connectivity index (χ3v) is 2.46. The van der Waals surface area contributed by atoms with Gasteiger partial charge in [-0.05, 0) is 7.05 Å². The van der Waals surface area contributed by atoms with Crippen LogP contribution in [0.5, 0.6) is 0 Å². The van der Waals surface area contributed by atoms with Crippen molar-refractivity contribution in [2.45, 2.75) is 12.5 Å². The lowest BCUT2D eigenvalue weighted by Crippen LogP contribution is -2.65. The van der Waals surface area contributed by atoms with Crippen molar-refractivity contribution >= 4 is 17.8 Å². The first-order valence-corrected chi connectivity index (χ1v) is 4.42. The highest BCUT2D eigenvalue weighted by molar-refractivity contribution is 6.14. The third kappa shape index (κ3) is 1.37. The number of amides is 4. The Balaban J connectivity index is 2.07. The van der Waals surface area contributed by atoms with Crippen LogP contribution < -0.4 is 5.32 Å². The number of carbonyl (C=O) groups excluding carboxylic acids is 3. The molecule has 2 rings (SSSR count). The maximum absolute atomic E-state index is 11.4. The van der Waals surface area contributed by atoms with Crippen LogP contribution in [0.25, 0.3) is 0 Å². The van der Waals surface area contributed by atoms with Gasteiger partial charge in [-0.15, -0.1) is 0 Å². The lowest BCUT2D eigenvalue weighted by molar-refractivity contribution is -0.139. The van der Waals surface area contributed by atoms with E-state index in [-0.39, 0.29) is 12.5 Å². The maximum Gasteiger partial charge on any atom is 0.331 e. The molecule has 0 spiro atoms. The van der Waals surface area contributed by atoms with Crippen molar-refractivity contribution in [1.82, 2.24) is 15.1 Å². The Kier molecular flexibility index (Phi) is 1.99. The molecule has 76 valence electrons. The monoisotopic (exact) mass is 197 g/mol. The average molecular weight is 197 g/mol. The van der Waals surface area contributed by atoms with Gasteiger partial charge in [0, 0.05) is 13.1 Å². The van der Waals surface area contributed by atoms with Crippen LogP contribution in [0.3, 0.4) is 0 Å². The summed E-state index contributed by atoms with van der Waals surface area (Å²) in [4.78, 5) is 36.7. The molecule has 2 fully saturated rings. The third-order valence-electron chi connectivity index (χ3n) is 2.46. The average Bonchev–Trinajstić information content (AvgIpc) is 1.99. The number of imide groups is 2. The Morgan fingerprint density at radius 2 is 1.93 bits per heavy atom. The van der Waals surface area contributed by atoms with Crippen LogP contribution in [0.15, 0.2) is 0 Å². The quantitative estimate of drug-likeness (QED) is 0.534. The van der Waals surface area contributed by atoms with Gasteiger partial charge < -0.3 is 4.90 Å². The molecule has 0 radical (unpaired) electrons. The first-order chi connectivity index (χ1) is 6.58. The molecule has 6 heteroatoms. The topological polar surface area (TPSA) is 69.7 Å². The van der Waals surface area contributed by atoms with Crippen molar-refractivity contribution in [3.63, 3.8) is 0 Å². The molecule has 1 N–H and O–H groups in total. The summed E-state index contributed by atoms with van der Waals surface area (Å²) in [5, 5.41) is 2.13. The minimum absolute atomic E-state index is 0.0689. The number of hydrogen-bond donors (Lipinski definition) is 1. The smallest absolute Gasteiger partial charge is 0.302 e. The van der Waals surface area contributed by atoms with Gasteiger partial charge in [0.15, 0.2) is 0 Å². The van der Waals surface area contributed by atoms with Gasteiger partial charge in [0.1, 0.15) is 6.42 Å². The van der Waals surface area contributed by atoms with Gasteiger partial charge in [-0.2, -0.15) is 0 Å². The number of carbonyl (C=O) groups is 3. The fourth-order valence-electron chi connectivity index (χ4n) is 1.76. The maximum atomic E-state index is 11.4. The molecule has 4 amide bonds. The van der Waals surface area contributed by atoms with Crippen LogP contribution in [-0.4, -0.2) is 53.8 Å². The van der Waals surface area contributed by atoms with Crippen LogP contribution >= 0.6 is 0 Å². The van der Waals surface area contributed by atoms with Gasteiger partial charge in [0.2, 0.25) is 11.8 Å². The van der Waals surface area contributed by atoms with Crippen LogP contribution in [-0.2, 0) is 9.59 Å². The molecular formula is C8H11N3O3. The van der Waals surface area contributed by atoms with Crippen molar-refractivity contribution < 1.29 is 14.4 Å². The summed E-state index contributed by atoms with van der Waals surface area (Å²) in [6.45, 7) is 1.38. The number of nitrogens with one attached hydrogen (secondary N) is 1. The van der Waals surface area contributed by atoms with E-state index in [1.54, 1.807) is 0 Å². The Hall–Kier alpha value is -1.43. The van der Waals surface area contributed by atoms with Gasteiger partial charge in [-0.3, -0.25) is 19.8 Å². The molecule has 0 atom stereocenters. The predicted octanol–water partition coefficient (Wildman–Crippen LogP) is -1.23. The number of barbiturate groups is 1. The van der Waals surface area contributed by atoms with E-state index in [4.69, 9.17) is 0 Å². The number of likely N-dealkylation sites (N-methyl/N-ethyl adjacent to an activating group) is 1. The van der Waals surface area contributed by atoms with E-state index in [2.05, 4.69) is 5.32 Å². The van der Waals surface area contributed by atoms with Gasteiger partial charge in [-0.25, -0.2) is 4.79 Å². The molecule has 0 aromatic carbocycles. The van der Waals surface area contributed by atoms with E-state index in [0.717, 1.165) is 4.90 Å². The minimum Gasteiger partial charge on any atom is -0.302 e. The largest absolute Gasteiger partial charge is 0.331 e. The molecule has 14 heavy (non-hydrogen) atoms. The predicted molar refractivity (Wildman–Crippen MR) is 46.3 cm³/mol. The second-order valence-corrected chi connectivity index (χ2v) is 3.67. The van der Waals surface area contributed by atoms with Gasteiger partial charge in [0.05, 0.1) is 6.04 Å². The van der Waals surface area contributed by atoms with Crippen LogP contribution in [0.2, 0.25) is 0 Å². The second kappa shape index (κ2) is 3.06. The summed E-state index contributed by atoms with van der Waals surface area (Å²) < 4.78 is 0. The highest BCUT2D eigenvalue weighted by atomic mass is 16.2. The lowest BCUT2D eigenvalue weighted by Gasteiger charge is -2.43. The first kappa shape index (κ1) is 9.14. The molecule has 2 saturated heterocycles. The molecule has 0 saturated carbocycles. The molecule has 0 aliphatic carbocycles. The van der Waals surface area contributed by atoms with E-state index in [9.17, 15) is 14.4 Å². The molecule has 0 bridgehead atoms. The molecule has 6 nitrogen and oxygen atoms in total. The number of rotatable bonds is 1. The van der Waals surface area contributed by atoms with E-state index >= 15 is 0 Å². The van der Waals surface area contributed by atoms with E-state index in [0.29, 0.717) is 13.1 Å². The number of urea groups is 1. The number of likely N-dealkylation sites (tertiary alicyclic amines) is 1. The van der Waals surface area contributed by atoms with Crippen molar-refractivity contribution in [2.75, 3.05) is 20.1 Å². The van der Waals surface area contributed by atoms with Crippen molar-refractivity contribution in [2.24, 2.45) is 0 Å². The molecule has 2 aliphatic rings. The first-order valence-electron chi connectivity index (χ1n) is 4.42. The Bertz CT molecular complexity index is 289. The SMILES string of the molecule is CN1CC(N2C(=O)CC(=O)NC2=O)C1. The van der Waals surface area contributed by atoms with Crippen molar-refractivity contribution in [1.29, 1.82) is 0 Å². The summed E-state index contributed by atoms with van der Waals surface area (Å²) in [6, 6.07) is -0.648. The normalized spacial score (nSPS) is 24.9. The molecule has 2 heterocycles. The molecule has 0 unspecified atom stereocenters. The standard InChI is InChI=1S/C8H11N3O3/c1-10-3-5(4-10)11-7(13)2-6(12)9-8(11)14/h5H,2-4H2,1H3,(H,9,12,14). The zero-order chi connectivity index (χ0) is 10.3. The van der Waals surface area contributed by atoms with Gasteiger partial charge in [-0.1, -0.05) is 0 Å². The number of hydrogen-bond acceptors (Lipinski definition) is 4. The van der Waals surface area contributed by atoms with Crippen molar-refractivity contribution in [3.8, 4) is 0 Å². The summed E-state index contributed by atoms with van der Waals surface area (Å²) in [7, 11) is 1.91. The zero-order valence-corrected chi connectivity index (χ0v) is 7.82. The van der Waals surface area contributed by atoms with E-state index in [1.807, 2.05) is 11.9 Å². The highest BCUT2D eigenvalue weighted by Gasteiger charge is 2.40. The Morgan fingerprint density at radius 1 is 1.29 bits per heavy atom.